The number of nitrogens with one attached hydrogen (secondary N) is 1. The van der Waals surface area contributed by atoms with Crippen LogP contribution >= 0.6 is 0 Å². The van der Waals surface area contributed by atoms with Gasteiger partial charge in [-0.15, -0.1) is 0 Å². The van der Waals surface area contributed by atoms with Crippen molar-refractivity contribution in [1.82, 2.24) is 13.5 Å². The molecule has 2 unspecified atom stereocenters. The highest BCUT2D eigenvalue weighted by Crippen LogP contribution is 2.49. The van der Waals surface area contributed by atoms with E-state index in [1.807, 2.05) is 36.5 Å². The number of H-pyrrole nitrogens is 1. The molecule has 228 valence electrons. The molecule has 0 spiro atoms. The Morgan fingerprint density at radius 3 is 2.42 bits per heavy atom. The second-order valence-corrected chi connectivity index (χ2v) is 14.1. The second-order valence-electron chi connectivity index (χ2n) is 11.9. The van der Waals surface area contributed by atoms with Crippen LogP contribution in [0, 0.1) is 11.6 Å². The number of fused-ring (bicyclic) bond motifs is 1. The van der Waals surface area contributed by atoms with Gasteiger partial charge in [-0.1, -0.05) is 48.6 Å². The zero-order valence-corrected chi connectivity index (χ0v) is 25.3. The van der Waals surface area contributed by atoms with Gasteiger partial charge >= 0.3 is 0 Å². The summed E-state index contributed by atoms with van der Waals surface area (Å²) in [4.78, 5) is 28.7. The van der Waals surface area contributed by atoms with Crippen LogP contribution in [-0.4, -0.2) is 26.7 Å². The maximum Gasteiger partial charge on any atom is 0.273 e. The lowest BCUT2D eigenvalue weighted by atomic mass is 9.75. The number of hydrogen-bond donors (Lipinski definition) is 1. The lowest BCUT2D eigenvalue weighted by molar-refractivity contribution is 0.508. The van der Waals surface area contributed by atoms with Crippen molar-refractivity contribution in [3.63, 3.8) is 0 Å². The monoisotopic (exact) mass is 625 g/mol. The lowest BCUT2D eigenvalue weighted by Gasteiger charge is -2.40. The van der Waals surface area contributed by atoms with Gasteiger partial charge in [-0.25, -0.2) is 21.2 Å². The van der Waals surface area contributed by atoms with E-state index in [9.17, 15) is 22.4 Å². The van der Waals surface area contributed by atoms with Gasteiger partial charge in [0.25, 0.3) is 11.1 Å². The van der Waals surface area contributed by atoms with Crippen LogP contribution in [0.3, 0.4) is 0 Å². The predicted molar refractivity (Wildman–Crippen MR) is 171 cm³/mol. The number of benzene rings is 2. The first-order valence-corrected chi connectivity index (χ1v) is 16.1. The van der Waals surface area contributed by atoms with E-state index in [1.54, 1.807) is 35.8 Å². The van der Waals surface area contributed by atoms with E-state index in [0.29, 0.717) is 22.1 Å². The molecule has 7 nitrogen and oxygen atoms in total. The molecule has 2 aliphatic carbocycles. The normalized spacial score (nSPS) is 20.2. The van der Waals surface area contributed by atoms with Gasteiger partial charge in [0.15, 0.2) is 0 Å². The van der Waals surface area contributed by atoms with E-state index in [2.05, 4.69) is 4.98 Å². The van der Waals surface area contributed by atoms with E-state index in [0.717, 1.165) is 40.1 Å². The Bertz CT molecular complexity index is 2300. The minimum Gasteiger partial charge on any atom is -0.327 e. The van der Waals surface area contributed by atoms with Gasteiger partial charge in [-0.3, -0.25) is 9.59 Å². The number of aromatic amines is 1. The van der Waals surface area contributed by atoms with Crippen LogP contribution in [0.2, 0.25) is 0 Å². The number of pyridine rings is 2. The number of allylic oxidation sites excluding steroid dienone is 3. The van der Waals surface area contributed by atoms with E-state index in [1.165, 1.54) is 31.5 Å². The third-order valence-corrected chi connectivity index (χ3v) is 11.6. The highest BCUT2D eigenvalue weighted by Gasteiger charge is 2.51. The number of nitrogens with zero attached hydrogens (tertiary/aromatic N) is 2. The van der Waals surface area contributed by atoms with Crippen LogP contribution < -0.4 is 11.1 Å². The van der Waals surface area contributed by atoms with Crippen LogP contribution in [-0.2, 0) is 10.0 Å². The largest absolute Gasteiger partial charge is 0.327 e. The molecule has 10 heteroatoms. The van der Waals surface area contributed by atoms with E-state index >= 15 is 4.39 Å². The topological polar surface area (TPSA) is 93.9 Å². The molecule has 1 N–H and O–H groups in total. The maximum absolute atomic E-state index is 15.6. The molecule has 5 aromatic rings. The van der Waals surface area contributed by atoms with Crippen molar-refractivity contribution in [1.29, 1.82) is 0 Å². The summed E-state index contributed by atoms with van der Waals surface area (Å²) in [5, 5.41) is 0.424. The van der Waals surface area contributed by atoms with Crippen molar-refractivity contribution in [2.45, 2.75) is 43.4 Å². The summed E-state index contributed by atoms with van der Waals surface area (Å²) in [6.07, 6.45) is 9.75. The van der Waals surface area contributed by atoms with Gasteiger partial charge in [-0.05, 0) is 72.7 Å². The molecule has 3 aromatic heterocycles. The first-order valence-electron chi connectivity index (χ1n) is 14.6. The third kappa shape index (κ3) is 4.54. The molecule has 0 amide bonds. The van der Waals surface area contributed by atoms with E-state index < -0.39 is 37.9 Å². The van der Waals surface area contributed by atoms with Gasteiger partial charge < -0.3 is 9.55 Å². The molecule has 0 radical (unpaired) electrons. The maximum atomic E-state index is 15.6. The number of rotatable bonds is 6. The highest BCUT2D eigenvalue weighted by atomic mass is 32.2. The Balaban J connectivity index is 1.49. The Labute approximate surface area is 257 Å². The Morgan fingerprint density at radius 2 is 1.71 bits per heavy atom. The molecule has 1 saturated carbocycles. The predicted octanol–water partition coefficient (Wildman–Crippen LogP) is 6.54. The first-order chi connectivity index (χ1) is 21.5. The van der Waals surface area contributed by atoms with Crippen molar-refractivity contribution < 1.29 is 17.2 Å². The lowest BCUT2D eigenvalue weighted by Crippen LogP contribution is -2.47. The SMILES string of the molecule is CC1=CC(c2cc(=O)n(C3CC3)cc2-c2ccccc2)=CC(c2ccc(F)cc2F)C1(C)S(=O)(=O)n1ccc2cc[nH]c(=O)c21. The van der Waals surface area contributed by atoms with E-state index in [-0.39, 0.29) is 22.7 Å². The van der Waals surface area contributed by atoms with Gasteiger partial charge in [-0.2, -0.15) is 0 Å². The van der Waals surface area contributed by atoms with Crippen molar-refractivity contribution in [2.24, 2.45) is 0 Å². The Kier molecular flexibility index (Phi) is 6.67. The van der Waals surface area contributed by atoms with Crippen LogP contribution in [0.15, 0.2) is 113 Å². The molecule has 3 heterocycles. The summed E-state index contributed by atoms with van der Waals surface area (Å²) in [6.45, 7) is 3.13. The fourth-order valence-electron chi connectivity index (χ4n) is 6.43. The van der Waals surface area contributed by atoms with Gasteiger partial charge in [0, 0.05) is 53.6 Å². The fraction of sp³-hybridized carbons (Fsp3) is 0.200. The minimum atomic E-state index is -4.47. The molecule has 45 heavy (non-hydrogen) atoms. The number of hydrogen-bond acceptors (Lipinski definition) is 4. The van der Waals surface area contributed by atoms with Gasteiger partial charge in [0.1, 0.15) is 21.9 Å². The molecule has 2 atom stereocenters. The molecule has 0 bridgehead atoms. The smallest absolute Gasteiger partial charge is 0.273 e. The average Bonchev–Trinajstić information content (AvgIpc) is 3.76. The summed E-state index contributed by atoms with van der Waals surface area (Å²) < 4.78 is 60.0. The molecule has 2 aliphatic rings. The highest BCUT2D eigenvalue weighted by molar-refractivity contribution is 7.91. The summed E-state index contributed by atoms with van der Waals surface area (Å²) in [7, 11) is -4.47. The standard InChI is InChI=1S/C35H29F2N3O4S/c1-21-16-24(28-19-32(41)39(26-9-10-26)20-29(28)22-6-4-3-5-7-22)17-30(27-11-8-25(36)18-31(27)37)35(21,2)45(43,44)40-15-13-23-12-14-38-34(42)33(23)40/h3-8,11-20,26,30H,9-10H2,1-2H3,(H,38,42). The Morgan fingerprint density at radius 1 is 0.956 bits per heavy atom. The van der Waals surface area contributed by atoms with Crippen LogP contribution in [0.25, 0.3) is 27.6 Å². The van der Waals surface area contributed by atoms with Crippen molar-refractivity contribution in [3.05, 3.63) is 147 Å². The number of aromatic nitrogens is 3. The fourth-order valence-corrected chi connectivity index (χ4v) is 8.47. The van der Waals surface area contributed by atoms with Crippen LogP contribution in [0.5, 0.6) is 0 Å². The minimum absolute atomic E-state index is 0.0367. The van der Waals surface area contributed by atoms with Crippen molar-refractivity contribution in [2.75, 3.05) is 0 Å². The van der Waals surface area contributed by atoms with Crippen molar-refractivity contribution in [3.8, 4) is 11.1 Å². The van der Waals surface area contributed by atoms with E-state index in [4.69, 9.17) is 0 Å². The summed E-state index contributed by atoms with van der Waals surface area (Å²) >= 11 is 0. The molecule has 0 saturated heterocycles. The molecule has 2 aromatic carbocycles. The molecular formula is C35H29F2N3O4S. The molecular weight excluding hydrogens is 596 g/mol. The van der Waals surface area contributed by atoms with Crippen LogP contribution in [0.1, 0.15) is 49.8 Å². The summed E-state index contributed by atoms with van der Waals surface area (Å²) in [5.41, 5.74) is 2.20. The number of halogens is 2. The molecule has 1 fully saturated rings. The van der Waals surface area contributed by atoms with Gasteiger partial charge in [0.2, 0.25) is 10.0 Å². The third-order valence-electron chi connectivity index (χ3n) is 9.18. The quantitative estimate of drug-likeness (QED) is 0.232. The summed E-state index contributed by atoms with van der Waals surface area (Å²) in [6, 6.07) is 17.4. The summed E-state index contributed by atoms with van der Waals surface area (Å²) in [5.74, 6) is -2.88. The molecule has 0 aliphatic heterocycles. The Hall–Kier alpha value is -4.83. The zero-order chi connectivity index (χ0) is 31.7. The van der Waals surface area contributed by atoms with Crippen LogP contribution in [0.4, 0.5) is 8.78 Å². The molecule has 7 rings (SSSR count). The van der Waals surface area contributed by atoms with Crippen molar-refractivity contribution >= 4 is 26.5 Å². The average molecular weight is 626 g/mol. The first kappa shape index (κ1) is 28.9. The second kappa shape index (κ2) is 10.4. The zero-order valence-electron chi connectivity index (χ0n) is 24.5. The van der Waals surface area contributed by atoms with Gasteiger partial charge in [0.05, 0.1) is 0 Å².